The molecule has 10 heteroatoms. The first-order valence-electron chi connectivity index (χ1n) is 9.22. The highest BCUT2D eigenvalue weighted by Gasteiger charge is 2.29. The fraction of sp³-hybridized carbons (Fsp3) is 0.300. The van der Waals surface area contributed by atoms with Gasteiger partial charge < -0.3 is 24.3 Å². The van der Waals surface area contributed by atoms with E-state index in [9.17, 15) is 19.7 Å². The minimum Gasteiger partial charge on any atom is -0.492 e. The van der Waals surface area contributed by atoms with Crippen molar-refractivity contribution in [3.8, 4) is 17.2 Å². The Kier molecular flexibility index (Phi) is 6.35. The SMILES string of the molecule is CCOc1ccccc1NC(=O)C(C)OC(=O)c1cc2c(cc1[N+](=O)[O-])OCCO2. The van der Waals surface area contributed by atoms with E-state index < -0.39 is 28.6 Å². The van der Waals surface area contributed by atoms with Crippen LogP contribution in [-0.4, -0.2) is 42.7 Å². The molecule has 0 saturated heterocycles. The second-order valence-electron chi connectivity index (χ2n) is 6.24. The molecule has 2 aromatic rings. The molecule has 1 unspecified atom stereocenters. The lowest BCUT2D eigenvalue weighted by atomic mass is 10.1. The molecule has 1 amide bonds. The fourth-order valence-electron chi connectivity index (χ4n) is 2.76. The number of amides is 1. The van der Waals surface area contributed by atoms with Crippen molar-refractivity contribution in [1.82, 2.24) is 0 Å². The highest BCUT2D eigenvalue weighted by Crippen LogP contribution is 2.37. The van der Waals surface area contributed by atoms with Gasteiger partial charge in [-0.25, -0.2) is 4.79 Å². The lowest BCUT2D eigenvalue weighted by molar-refractivity contribution is -0.385. The Labute approximate surface area is 171 Å². The Balaban J connectivity index is 1.75. The topological polar surface area (TPSA) is 126 Å². The standard InChI is InChI=1S/C20H20N2O8/c1-3-27-16-7-5-4-6-14(16)21-19(23)12(2)30-20(24)13-10-17-18(29-9-8-28-17)11-15(13)22(25)26/h4-7,10-12H,3,8-9H2,1-2H3,(H,21,23). The van der Waals surface area contributed by atoms with E-state index in [1.165, 1.54) is 13.0 Å². The molecule has 0 aromatic heterocycles. The Morgan fingerprint density at radius 1 is 1.20 bits per heavy atom. The zero-order chi connectivity index (χ0) is 21.7. The van der Waals surface area contributed by atoms with Gasteiger partial charge in [0, 0.05) is 6.07 Å². The van der Waals surface area contributed by atoms with Gasteiger partial charge in [-0.3, -0.25) is 14.9 Å². The summed E-state index contributed by atoms with van der Waals surface area (Å²) in [4.78, 5) is 35.7. The zero-order valence-corrected chi connectivity index (χ0v) is 16.4. The molecule has 0 aliphatic carbocycles. The van der Waals surface area contributed by atoms with Gasteiger partial charge in [-0.2, -0.15) is 0 Å². The molecule has 10 nitrogen and oxygen atoms in total. The molecule has 158 valence electrons. The molecule has 0 saturated carbocycles. The van der Waals surface area contributed by atoms with Crippen LogP contribution in [0.1, 0.15) is 24.2 Å². The van der Waals surface area contributed by atoms with E-state index in [0.29, 0.717) is 18.0 Å². The van der Waals surface area contributed by atoms with Crippen molar-refractivity contribution in [3.63, 3.8) is 0 Å². The van der Waals surface area contributed by atoms with Gasteiger partial charge in [0.25, 0.3) is 11.6 Å². The normalized spacial score (nSPS) is 13.1. The van der Waals surface area contributed by atoms with Crippen molar-refractivity contribution >= 4 is 23.3 Å². The van der Waals surface area contributed by atoms with E-state index >= 15 is 0 Å². The van der Waals surface area contributed by atoms with E-state index in [2.05, 4.69) is 5.32 Å². The highest BCUT2D eigenvalue weighted by atomic mass is 16.6. The van der Waals surface area contributed by atoms with Crippen LogP contribution in [-0.2, 0) is 9.53 Å². The number of fused-ring (bicyclic) bond motifs is 1. The number of hydrogen-bond donors (Lipinski definition) is 1. The minimum absolute atomic E-state index is 0.169. The lowest BCUT2D eigenvalue weighted by Gasteiger charge is -2.19. The van der Waals surface area contributed by atoms with Crippen LogP contribution in [0.2, 0.25) is 0 Å². The maximum Gasteiger partial charge on any atom is 0.346 e. The van der Waals surface area contributed by atoms with Crippen molar-refractivity contribution in [1.29, 1.82) is 0 Å². The summed E-state index contributed by atoms with van der Waals surface area (Å²) in [7, 11) is 0. The van der Waals surface area contributed by atoms with Gasteiger partial charge in [0.05, 0.1) is 23.3 Å². The van der Waals surface area contributed by atoms with Gasteiger partial charge in [-0.1, -0.05) is 12.1 Å². The molecule has 1 atom stereocenters. The number of hydrogen-bond acceptors (Lipinski definition) is 8. The van der Waals surface area contributed by atoms with Gasteiger partial charge in [-0.05, 0) is 26.0 Å². The highest BCUT2D eigenvalue weighted by molar-refractivity contribution is 6.00. The summed E-state index contributed by atoms with van der Waals surface area (Å²) >= 11 is 0. The summed E-state index contributed by atoms with van der Waals surface area (Å²) in [6, 6.07) is 9.09. The number of nitrogens with zero attached hydrogens (tertiary/aromatic N) is 1. The van der Waals surface area contributed by atoms with Crippen molar-refractivity contribution < 1.29 is 33.5 Å². The van der Waals surface area contributed by atoms with Gasteiger partial charge in [0.1, 0.15) is 24.5 Å². The minimum atomic E-state index is -1.22. The molecular weight excluding hydrogens is 396 g/mol. The smallest absolute Gasteiger partial charge is 0.346 e. The third-order valence-corrected chi connectivity index (χ3v) is 4.17. The second-order valence-corrected chi connectivity index (χ2v) is 6.24. The number of carbonyl (C=O) groups excluding carboxylic acids is 2. The Hall–Kier alpha value is -3.82. The van der Waals surface area contributed by atoms with Gasteiger partial charge >= 0.3 is 5.97 Å². The van der Waals surface area contributed by atoms with Crippen molar-refractivity contribution in [2.45, 2.75) is 20.0 Å². The molecule has 1 aliphatic heterocycles. The molecule has 0 fully saturated rings. The number of rotatable bonds is 7. The van der Waals surface area contributed by atoms with Crippen LogP contribution in [0, 0.1) is 10.1 Å². The molecule has 1 heterocycles. The number of nitro groups is 1. The first-order valence-corrected chi connectivity index (χ1v) is 9.22. The van der Waals surface area contributed by atoms with Crippen LogP contribution >= 0.6 is 0 Å². The third-order valence-electron chi connectivity index (χ3n) is 4.17. The number of benzene rings is 2. The fourth-order valence-corrected chi connectivity index (χ4v) is 2.76. The van der Waals surface area contributed by atoms with Gasteiger partial charge in [-0.15, -0.1) is 0 Å². The molecule has 0 bridgehead atoms. The molecule has 0 spiro atoms. The average molecular weight is 416 g/mol. The first kappa shape index (κ1) is 20.9. The maximum atomic E-state index is 12.6. The quantitative estimate of drug-likeness (QED) is 0.415. The number of carbonyl (C=O) groups is 2. The monoisotopic (exact) mass is 416 g/mol. The molecule has 0 radical (unpaired) electrons. The van der Waals surface area contributed by atoms with E-state index in [4.69, 9.17) is 18.9 Å². The number of para-hydroxylation sites is 2. The summed E-state index contributed by atoms with van der Waals surface area (Å²) in [6.45, 7) is 4.07. The number of esters is 1. The third kappa shape index (κ3) is 4.59. The summed E-state index contributed by atoms with van der Waals surface area (Å²) < 4.78 is 21.3. The molecule has 1 N–H and O–H groups in total. The predicted molar refractivity (Wildman–Crippen MR) is 105 cm³/mol. The van der Waals surface area contributed by atoms with Crippen molar-refractivity contribution in [2.24, 2.45) is 0 Å². The summed E-state index contributed by atoms with van der Waals surface area (Å²) in [5.74, 6) is -0.811. The zero-order valence-electron chi connectivity index (χ0n) is 16.4. The Morgan fingerprint density at radius 2 is 1.87 bits per heavy atom. The summed E-state index contributed by atoms with van der Waals surface area (Å²) in [5.41, 5.74) is -0.422. The van der Waals surface area contributed by atoms with Crippen LogP contribution in [0.15, 0.2) is 36.4 Å². The van der Waals surface area contributed by atoms with E-state index in [0.717, 1.165) is 6.07 Å². The Morgan fingerprint density at radius 3 is 2.53 bits per heavy atom. The maximum absolute atomic E-state index is 12.6. The molecule has 3 rings (SSSR count). The Bertz CT molecular complexity index is 975. The number of nitrogens with one attached hydrogen (secondary N) is 1. The summed E-state index contributed by atoms with van der Waals surface area (Å²) in [6.07, 6.45) is -1.22. The van der Waals surface area contributed by atoms with Gasteiger partial charge in [0.2, 0.25) is 0 Å². The number of ether oxygens (including phenoxy) is 4. The van der Waals surface area contributed by atoms with Crippen LogP contribution in [0.5, 0.6) is 17.2 Å². The van der Waals surface area contributed by atoms with E-state index in [1.807, 2.05) is 6.92 Å². The second kappa shape index (κ2) is 9.12. The number of nitro benzene ring substituents is 1. The molecular formula is C20H20N2O8. The van der Waals surface area contributed by atoms with Gasteiger partial charge in [0.15, 0.2) is 17.6 Å². The average Bonchev–Trinajstić information content (AvgIpc) is 2.74. The number of anilines is 1. The van der Waals surface area contributed by atoms with Crippen molar-refractivity contribution in [3.05, 3.63) is 52.1 Å². The predicted octanol–water partition coefficient (Wildman–Crippen LogP) is 2.95. The molecule has 30 heavy (non-hydrogen) atoms. The largest absolute Gasteiger partial charge is 0.492 e. The molecule has 2 aromatic carbocycles. The van der Waals surface area contributed by atoms with E-state index in [-0.39, 0.29) is 30.3 Å². The van der Waals surface area contributed by atoms with Crippen LogP contribution in [0.4, 0.5) is 11.4 Å². The van der Waals surface area contributed by atoms with Crippen LogP contribution in [0.3, 0.4) is 0 Å². The van der Waals surface area contributed by atoms with Crippen LogP contribution in [0.25, 0.3) is 0 Å². The lowest BCUT2D eigenvalue weighted by Crippen LogP contribution is -2.30. The van der Waals surface area contributed by atoms with Crippen LogP contribution < -0.4 is 19.5 Å². The van der Waals surface area contributed by atoms with Crippen molar-refractivity contribution in [2.75, 3.05) is 25.1 Å². The van der Waals surface area contributed by atoms with E-state index in [1.54, 1.807) is 24.3 Å². The summed E-state index contributed by atoms with van der Waals surface area (Å²) in [5, 5.41) is 14.0. The molecule has 1 aliphatic rings. The first-order chi connectivity index (χ1) is 14.4.